The molecule has 1 aliphatic rings. The number of para-hydroxylation sites is 1. The zero-order valence-electron chi connectivity index (χ0n) is 10.3. The Morgan fingerprint density at radius 1 is 1.21 bits per heavy atom. The highest BCUT2D eigenvalue weighted by Crippen LogP contribution is 2.38. The van der Waals surface area contributed by atoms with Crippen molar-refractivity contribution in [3.63, 3.8) is 0 Å². The standard InChI is InChI=1S/C11H15NO5S2/c1-18(14,15)8-11(6-7-11)12-19(16,17)10-5-3-2-4-9(10)13/h2-5,12-13H,6-8H2,1H3. The summed E-state index contributed by atoms with van der Waals surface area (Å²) in [6, 6.07) is 5.54. The number of rotatable bonds is 5. The van der Waals surface area contributed by atoms with Crippen LogP contribution < -0.4 is 4.72 Å². The topological polar surface area (TPSA) is 101 Å². The molecule has 0 saturated heterocycles. The Bertz CT molecular complexity index is 690. The maximum atomic E-state index is 12.1. The summed E-state index contributed by atoms with van der Waals surface area (Å²) >= 11 is 0. The summed E-state index contributed by atoms with van der Waals surface area (Å²) in [4.78, 5) is -0.241. The molecule has 1 aromatic rings. The van der Waals surface area contributed by atoms with E-state index in [9.17, 15) is 21.9 Å². The SMILES string of the molecule is CS(=O)(=O)CC1(NS(=O)(=O)c2ccccc2O)CC1. The Hall–Kier alpha value is -1.12. The predicted octanol–water partition coefficient (Wildman–Crippen LogP) is 0.248. The van der Waals surface area contributed by atoms with Gasteiger partial charge in [-0.25, -0.2) is 21.6 Å². The van der Waals surface area contributed by atoms with Gasteiger partial charge in [-0.15, -0.1) is 0 Å². The highest BCUT2D eigenvalue weighted by atomic mass is 32.2. The molecule has 1 fully saturated rings. The third kappa shape index (κ3) is 3.46. The molecule has 0 heterocycles. The van der Waals surface area contributed by atoms with Crippen LogP contribution in [0.15, 0.2) is 29.2 Å². The number of hydrogen-bond acceptors (Lipinski definition) is 5. The minimum atomic E-state index is -3.92. The van der Waals surface area contributed by atoms with Crippen molar-refractivity contribution in [3.8, 4) is 5.75 Å². The number of benzene rings is 1. The van der Waals surface area contributed by atoms with Crippen LogP contribution in [0.5, 0.6) is 5.75 Å². The summed E-state index contributed by atoms with van der Waals surface area (Å²) in [5, 5.41) is 9.56. The number of sulfonamides is 1. The van der Waals surface area contributed by atoms with Crippen molar-refractivity contribution in [2.24, 2.45) is 0 Å². The van der Waals surface area contributed by atoms with E-state index in [1.54, 1.807) is 0 Å². The molecular formula is C11H15NO5S2. The second-order valence-corrected chi connectivity index (χ2v) is 8.71. The molecule has 8 heteroatoms. The molecule has 0 spiro atoms. The highest BCUT2D eigenvalue weighted by molar-refractivity contribution is 7.91. The van der Waals surface area contributed by atoms with Crippen molar-refractivity contribution in [1.29, 1.82) is 0 Å². The van der Waals surface area contributed by atoms with Crippen molar-refractivity contribution in [1.82, 2.24) is 4.72 Å². The van der Waals surface area contributed by atoms with E-state index < -0.39 is 25.4 Å². The van der Waals surface area contributed by atoms with Gasteiger partial charge in [0.1, 0.15) is 20.5 Å². The lowest BCUT2D eigenvalue weighted by Crippen LogP contribution is -2.41. The van der Waals surface area contributed by atoms with Crippen LogP contribution in [-0.2, 0) is 19.9 Å². The largest absolute Gasteiger partial charge is 0.507 e. The van der Waals surface area contributed by atoms with Gasteiger partial charge in [-0.05, 0) is 25.0 Å². The Balaban J connectivity index is 2.26. The Morgan fingerprint density at radius 3 is 2.26 bits per heavy atom. The summed E-state index contributed by atoms with van der Waals surface area (Å²) in [5.74, 6) is -0.586. The molecular weight excluding hydrogens is 290 g/mol. The van der Waals surface area contributed by atoms with Crippen LogP contribution in [0.1, 0.15) is 12.8 Å². The van der Waals surface area contributed by atoms with Crippen molar-refractivity contribution in [2.45, 2.75) is 23.3 Å². The summed E-state index contributed by atoms with van der Waals surface area (Å²) in [6.45, 7) is 0. The summed E-state index contributed by atoms with van der Waals surface area (Å²) in [5.41, 5.74) is -0.922. The zero-order chi connectivity index (χ0) is 14.3. The lowest BCUT2D eigenvalue weighted by Gasteiger charge is -2.16. The van der Waals surface area contributed by atoms with E-state index in [2.05, 4.69) is 4.72 Å². The van der Waals surface area contributed by atoms with E-state index in [4.69, 9.17) is 0 Å². The van der Waals surface area contributed by atoms with Gasteiger partial charge in [0, 0.05) is 11.8 Å². The first-order chi connectivity index (χ1) is 8.64. The monoisotopic (exact) mass is 305 g/mol. The van der Waals surface area contributed by atoms with E-state index in [0.717, 1.165) is 6.26 Å². The molecule has 1 saturated carbocycles. The average Bonchev–Trinajstić information content (AvgIpc) is 2.93. The molecule has 0 aromatic heterocycles. The smallest absolute Gasteiger partial charge is 0.244 e. The predicted molar refractivity (Wildman–Crippen MR) is 70.1 cm³/mol. The van der Waals surface area contributed by atoms with Crippen molar-refractivity contribution < 1.29 is 21.9 Å². The molecule has 2 N–H and O–H groups in total. The molecule has 2 rings (SSSR count). The van der Waals surface area contributed by atoms with E-state index in [1.165, 1.54) is 24.3 Å². The van der Waals surface area contributed by atoms with Gasteiger partial charge in [0.2, 0.25) is 10.0 Å². The third-order valence-corrected chi connectivity index (χ3v) is 5.60. The average molecular weight is 305 g/mol. The molecule has 0 aliphatic heterocycles. The Kier molecular flexibility index (Phi) is 3.36. The number of phenolic OH excluding ortho intramolecular Hbond substituents is 1. The maximum absolute atomic E-state index is 12.1. The second kappa shape index (κ2) is 4.46. The number of hydrogen-bond donors (Lipinski definition) is 2. The van der Waals surface area contributed by atoms with Crippen LogP contribution in [0.25, 0.3) is 0 Å². The molecule has 0 radical (unpaired) electrons. The zero-order valence-corrected chi connectivity index (χ0v) is 12.0. The number of phenols is 1. The molecule has 19 heavy (non-hydrogen) atoms. The number of nitrogens with one attached hydrogen (secondary N) is 1. The number of aromatic hydroxyl groups is 1. The molecule has 6 nitrogen and oxygen atoms in total. The molecule has 0 bridgehead atoms. The first kappa shape index (κ1) is 14.3. The van der Waals surface area contributed by atoms with E-state index >= 15 is 0 Å². The molecule has 1 aliphatic carbocycles. The van der Waals surface area contributed by atoms with E-state index in [1.807, 2.05) is 0 Å². The molecule has 0 atom stereocenters. The van der Waals surface area contributed by atoms with Crippen LogP contribution in [0.4, 0.5) is 0 Å². The summed E-state index contributed by atoms with van der Waals surface area (Å²) in [6.07, 6.45) is 2.03. The van der Waals surface area contributed by atoms with Crippen LogP contribution in [-0.4, -0.2) is 39.5 Å². The van der Waals surface area contributed by atoms with E-state index in [-0.39, 0.29) is 16.4 Å². The van der Waals surface area contributed by atoms with Crippen LogP contribution in [0.2, 0.25) is 0 Å². The Morgan fingerprint density at radius 2 is 1.79 bits per heavy atom. The fourth-order valence-electron chi connectivity index (χ4n) is 1.95. The van der Waals surface area contributed by atoms with Gasteiger partial charge in [-0.2, -0.15) is 0 Å². The fraction of sp³-hybridized carbons (Fsp3) is 0.455. The van der Waals surface area contributed by atoms with Gasteiger partial charge in [-0.1, -0.05) is 12.1 Å². The van der Waals surface area contributed by atoms with Gasteiger partial charge in [-0.3, -0.25) is 0 Å². The van der Waals surface area contributed by atoms with Gasteiger partial charge >= 0.3 is 0 Å². The highest BCUT2D eigenvalue weighted by Gasteiger charge is 2.48. The summed E-state index contributed by atoms with van der Waals surface area (Å²) in [7, 11) is -7.20. The van der Waals surface area contributed by atoms with Crippen molar-refractivity contribution in [3.05, 3.63) is 24.3 Å². The first-order valence-corrected chi connectivity index (χ1v) is 9.18. The molecule has 0 unspecified atom stereocenters. The maximum Gasteiger partial charge on any atom is 0.244 e. The normalized spacial score (nSPS) is 18.2. The van der Waals surface area contributed by atoms with Crippen LogP contribution >= 0.6 is 0 Å². The van der Waals surface area contributed by atoms with Gasteiger partial charge in [0.25, 0.3) is 0 Å². The summed E-state index contributed by atoms with van der Waals surface area (Å²) < 4.78 is 49.2. The minimum absolute atomic E-state index is 0.229. The van der Waals surface area contributed by atoms with Crippen molar-refractivity contribution in [2.75, 3.05) is 12.0 Å². The van der Waals surface area contributed by atoms with Crippen LogP contribution in [0, 0.1) is 0 Å². The molecule has 106 valence electrons. The Labute approximate surface area is 112 Å². The fourth-order valence-corrected chi connectivity index (χ4v) is 4.97. The van der Waals surface area contributed by atoms with Gasteiger partial charge in [0.15, 0.2) is 0 Å². The van der Waals surface area contributed by atoms with Gasteiger partial charge in [0.05, 0.1) is 5.75 Å². The second-order valence-electron chi connectivity index (χ2n) is 4.92. The number of sulfone groups is 1. The van der Waals surface area contributed by atoms with Crippen molar-refractivity contribution >= 4 is 19.9 Å². The third-order valence-electron chi connectivity index (χ3n) is 2.90. The molecule has 0 amide bonds. The lowest BCUT2D eigenvalue weighted by molar-refractivity contribution is 0.457. The van der Waals surface area contributed by atoms with E-state index in [0.29, 0.717) is 12.8 Å². The van der Waals surface area contributed by atoms with Gasteiger partial charge < -0.3 is 5.11 Å². The quantitative estimate of drug-likeness (QED) is 0.812. The first-order valence-electron chi connectivity index (χ1n) is 5.63. The molecule has 1 aromatic carbocycles. The minimum Gasteiger partial charge on any atom is -0.507 e. The lowest BCUT2D eigenvalue weighted by atomic mass is 10.3. The van der Waals surface area contributed by atoms with Crippen LogP contribution in [0.3, 0.4) is 0 Å².